The van der Waals surface area contributed by atoms with Crippen LogP contribution in [0.15, 0.2) is 12.1 Å². The lowest BCUT2D eigenvalue weighted by Gasteiger charge is -2.18. The number of nitrogens with one attached hydrogen (secondary N) is 1. The lowest BCUT2D eigenvalue weighted by molar-refractivity contribution is 0.0949. The average Bonchev–Trinajstić information content (AvgIpc) is 2.89. The summed E-state index contributed by atoms with van der Waals surface area (Å²) in [5.41, 5.74) is 6.69. The van der Waals surface area contributed by atoms with Crippen molar-refractivity contribution in [3.63, 3.8) is 0 Å². The average molecular weight is 279 g/mol. The number of carbonyl (C=O) groups excluding carboxylic acids is 1. The van der Waals surface area contributed by atoms with Crippen molar-refractivity contribution in [1.82, 2.24) is 10.2 Å². The summed E-state index contributed by atoms with van der Waals surface area (Å²) in [4.78, 5) is 14.4. The fourth-order valence-corrected chi connectivity index (χ4v) is 2.12. The number of hydrogen-bond donors (Lipinski definition) is 2. The van der Waals surface area contributed by atoms with Crippen molar-refractivity contribution >= 4 is 11.6 Å². The fraction of sp³-hybridized carbons (Fsp3) is 0.500. The molecule has 0 aromatic heterocycles. The van der Waals surface area contributed by atoms with Crippen molar-refractivity contribution in [2.75, 3.05) is 38.7 Å². The number of nitrogens with zero attached hydrogens (tertiary/aromatic N) is 1. The first-order valence-corrected chi connectivity index (χ1v) is 6.85. The number of amides is 1. The Kier molecular flexibility index (Phi) is 4.68. The fourth-order valence-electron chi connectivity index (χ4n) is 2.12. The number of nitrogens with two attached hydrogens (primary N) is 1. The van der Waals surface area contributed by atoms with E-state index >= 15 is 0 Å². The molecule has 1 aliphatic heterocycles. The van der Waals surface area contributed by atoms with E-state index < -0.39 is 0 Å². The van der Waals surface area contributed by atoms with Crippen LogP contribution in [0.25, 0.3) is 0 Å². The van der Waals surface area contributed by atoms with E-state index in [1.54, 1.807) is 12.1 Å². The molecular weight excluding hydrogens is 258 g/mol. The van der Waals surface area contributed by atoms with Gasteiger partial charge < -0.3 is 25.4 Å². The summed E-state index contributed by atoms with van der Waals surface area (Å²) in [5.74, 6) is 0.961. The van der Waals surface area contributed by atoms with Gasteiger partial charge in [-0.05, 0) is 19.2 Å². The van der Waals surface area contributed by atoms with Crippen LogP contribution in [0.2, 0.25) is 0 Å². The Morgan fingerprint density at radius 1 is 1.30 bits per heavy atom. The van der Waals surface area contributed by atoms with Gasteiger partial charge in [-0.1, -0.05) is 13.8 Å². The molecule has 0 atom stereocenters. The quantitative estimate of drug-likeness (QED) is 0.762. The number of anilines is 1. The van der Waals surface area contributed by atoms with Gasteiger partial charge in [-0.3, -0.25) is 4.79 Å². The molecule has 0 fully saturated rings. The van der Waals surface area contributed by atoms with E-state index in [1.165, 1.54) is 0 Å². The van der Waals surface area contributed by atoms with Crippen molar-refractivity contribution in [2.45, 2.75) is 13.8 Å². The summed E-state index contributed by atoms with van der Waals surface area (Å²) in [7, 11) is 0. The third-order valence-corrected chi connectivity index (χ3v) is 3.40. The van der Waals surface area contributed by atoms with Gasteiger partial charge in [-0.2, -0.15) is 0 Å². The molecule has 1 heterocycles. The van der Waals surface area contributed by atoms with Gasteiger partial charge in [0.05, 0.1) is 5.56 Å². The van der Waals surface area contributed by atoms with Gasteiger partial charge in [0, 0.05) is 24.8 Å². The zero-order valence-electron chi connectivity index (χ0n) is 11.9. The maximum absolute atomic E-state index is 12.1. The Bertz CT molecular complexity index is 487. The Labute approximate surface area is 118 Å². The minimum atomic E-state index is -0.187. The summed E-state index contributed by atoms with van der Waals surface area (Å²) in [5, 5.41) is 2.87. The first kappa shape index (κ1) is 14.5. The van der Waals surface area contributed by atoms with Crippen LogP contribution in [-0.4, -0.2) is 43.8 Å². The minimum Gasteiger partial charge on any atom is -0.454 e. The molecule has 0 unspecified atom stereocenters. The topological polar surface area (TPSA) is 76.8 Å². The molecule has 1 aromatic carbocycles. The highest BCUT2D eigenvalue weighted by molar-refractivity contribution is 6.00. The largest absolute Gasteiger partial charge is 0.454 e. The molecule has 110 valence electrons. The highest BCUT2D eigenvalue weighted by atomic mass is 16.7. The van der Waals surface area contributed by atoms with E-state index in [2.05, 4.69) is 24.1 Å². The number of carbonyl (C=O) groups is 1. The van der Waals surface area contributed by atoms with Crippen LogP contribution in [-0.2, 0) is 0 Å². The molecular formula is C14H21N3O3. The minimum absolute atomic E-state index is 0.168. The van der Waals surface area contributed by atoms with E-state index in [4.69, 9.17) is 15.2 Å². The van der Waals surface area contributed by atoms with Crippen molar-refractivity contribution in [3.05, 3.63) is 17.7 Å². The van der Waals surface area contributed by atoms with E-state index in [0.29, 0.717) is 29.3 Å². The monoisotopic (exact) mass is 279 g/mol. The van der Waals surface area contributed by atoms with Crippen LogP contribution in [0.5, 0.6) is 11.5 Å². The first-order chi connectivity index (χ1) is 9.65. The second-order valence-electron chi connectivity index (χ2n) is 4.58. The van der Waals surface area contributed by atoms with Crippen molar-refractivity contribution in [1.29, 1.82) is 0 Å². The Morgan fingerprint density at radius 3 is 2.60 bits per heavy atom. The zero-order chi connectivity index (χ0) is 14.5. The number of ether oxygens (including phenoxy) is 2. The lowest BCUT2D eigenvalue weighted by atomic mass is 10.1. The Hall–Kier alpha value is -1.95. The number of likely N-dealkylation sites (N-methyl/N-ethyl adjacent to an activating group) is 1. The molecule has 6 nitrogen and oxygen atoms in total. The number of rotatable bonds is 6. The van der Waals surface area contributed by atoms with Gasteiger partial charge >= 0.3 is 0 Å². The summed E-state index contributed by atoms with van der Waals surface area (Å²) >= 11 is 0. The molecule has 1 aliphatic rings. The number of benzene rings is 1. The third kappa shape index (κ3) is 3.14. The molecule has 0 aliphatic carbocycles. The summed E-state index contributed by atoms with van der Waals surface area (Å²) in [6.07, 6.45) is 0. The van der Waals surface area contributed by atoms with Crippen molar-refractivity contribution < 1.29 is 14.3 Å². The standard InChI is InChI=1S/C14H21N3O3/c1-3-17(4-2)6-5-16-14(18)10-7-12-13(8-11(10)15)20-9-19-12/h7-8H,3-6,9,15H2,1-2H3,(H,16,18). The van der Waals surface area contributed by atoms with Crippen LogP contribution in [0, 0.1) is 0 Å². The van der Waals surface area contributed by atoms with Gasteiger partial charge in [-0.15, -0.1) is 0 Å². The van der Waals surface area contributed by atoms with Crippen molar-refractivity contribution in [2.24, 2.45) is 0 Å². The second-order valence-corrected chi connectivity index (χ2v) is 4.58. The molecule has 0 spiro atoms. The number of fused-ring (bicyclic) bond motifs is 1. The maximum Gasteiger partial charge on any atom is 0.253 e. The van der Waals surface area contributed by atoms with Crippen LogP contribution >= 0.6 is 0 Å². The molecule has 2 rings (SSSR count). The van der Waals surface area contributed by atoms with Crippen LogP contribution in [0.1, 0.15) is 24.2 Å². The Balaban J connectivity index is 1.96. The normalized spacial score (nSPS) is 12.8. The van der Waals surface area contributed by atoms with Crippen LogP contribution in [0.4, 0.5) is 5.69 Å². The van der Waals surface area contributed by atoms with Crippen LogP contribution < -0.4 is 20.5 Å². The van der Waals surface area contributed by atoms with E-state index in [1.807, 2.05) is 0 Å². The Morgan fingerprint density at radius 2 is 1.95 bits per heavy atom. The second kappa shape index (κ2) is 6.47. The van der Waals surface area contributed by atoms with Gasteiger partial charge in [-0.25, -0.2) is 0 Å². The van der Waals surface area contributed by atoms with Gasteiger partial charge in [0.1, 0.15) is 0 Å². The highest BCUT2D eigenvalue weighted by Gasteiger charge is 2.19. The summed E-state index contributed by atoms with van der Waals surface area (Å²) in [6.45, 7) is 7.72. The SMILES string of the molecule is CCN(CC)CCNC(=O)c1cc2c(cc1N)OCO2. The molecule has 1 amide bonds. The zero-order valence-corrected chi connectivity index (χ0v) is 11.9. The highest BCUT2D eigenvalue weighted by Crippen LogP contribution is 2.35. The van der Waals surface area contributed by atoms with Gasteiger partial charge in [0.25, 0.3) is 5.91 Å². The molecule has 0 radical (unpaired) electrons. The summed E-state index contributed by atoms with van der Waals surface area (Å²) < 4.78 is 10.5. The number of nitrogen functional groups attached to an aromatic ring is 1. The van der Waals surface area contributed by atoms with E-state index in [9.17, 15) is 4.79 Å². The molecule has 20 heavy (non-hydrogen) atoms. The predicted molar refractivity (Wildman–Crippen MR) is 77.1 cm³/mol. The molecule has 0 saturated heterocycles. The van der Waals surface area contributed by atoms with Crippen molar-refractivity contribution in [3.8, 4) is 11.5 Å². The summed E-state index contributed by atoms with van der Waals surface area (Å²) in [6, 6.07) is 3.26. The first-order valence-electron chi connectivity index (χ1n) is 6.85. The lowest BCUT2D eigenvalue weighted by Crippen LogP contribution is -2.35. The van der Waals surface area contributed by atoms with Gasteiger partial charge in [0.15, 0.2) is 11.5 Å². The molecule has 1 aromatic rings. The van der Waals surface area contributed by atoms with Crippen LogP contribution in [0.3, 0.4) is 0 Å². The molecule has 6 heteroatoms. The van der Waals surface area contributed by atoms with E-state index in [-0.39, 0.29) is 12.7 Å². The molecule has 3 N–H and O–H groups in total. The van der Waals surface area contributed by atoms with Gasteiger partial charge in [0.2, 0.25) is 6.79 Å². The number of hydrogen-bond acceptors (Lipinski definition) is 5. The van der Waals surface area contributed by atoms with E-state index in [0.717, 1.165) is 19.6 Å². The maximum atomic E-state index is 12.1. The predicted octanol–water partition coefficient (Wildman–Crippen LogP) is 1.07. The smallest absolute Gasteiger partial charge is 0.253 e. The third-order valence-electron chi connectivity index (χ3n) is 3.40. The molecule has 0 bridgehead atoms. The molecule has 0 saturated carbocycles.